The van der Waals surface area contributed by atoms with Crippen molar-refractivity contribution in [2.24, 2.45) is 0 Å². The number of amides is 1. The van der Waals surface area contributed by atoms with Gasteiger partial charge in [-0.25, -0.2) is 9.59 Å². The molecular weight excluding hydrogens is 384 g/mol. The third-order valence-electron chi connectivity index (χ3n) is 4.45. The van der Waals surface area contributed by atoms with Crippen LogP contribution >= 0.6 is 0 Å². The molecule has 3 rings (SSSR count). The Morgan fingerprint density at radius 3 is 2.20 bits per heavy atom. The van der Waals surface area contributed by atoms with Crippen molar-refractivity contribution in [3.05, 3.63) is 30.0 Å². The standard InChI is InChI=1S/C22H28N4O4/c1-21(2,3)29-19(27)25-12-15(13-25)24-17-8-7-14(11-23)18-16(17)9-10-26(18)20(28)30-22(4,5)6/h7-10,15,24H,12-13H2,1-6H3. The van der Waals surface area contributed by atoms with Gasteiger partial charge in [-0.05, 0) is 59.7 Å². The summed E-state index contributed by atoms with van der Waals surface area (Å²) in [6, 6.07) is 7.47. The molecule has 0 aliphatic carbocycles. The van der Waals surface area contributed by atoms with Gasteiger partial charge in [-0.2, -0.15) is 5.26 Å². The van der Waals surface area contributed by atoms with E-state index in [1.54, 1.807) is 44.0 Å². The molecule has 8 nitrogen and oxygen atoms in total. The van der Waals surface area contributed by atoms with Gasteiger partial charge in [-0.3, -0.25) is 4.57 Å². The number of anilines is 1. The third-order valence-corrected chi connectivity index (χ3v) is 4.45. The molecule has 1 N–H and O–H groups in total. The van der Waals surface area contributed by atoms with Gasteiger partial charge in [0.1, 0.15) is 17.3 Å². The van der Waals surface area contributed by atoms with Crippen LogP contribution in [0.2, 0.25) is 0 Å². The molecule has 1 aromatic heterocycles. The Morgan fingerprint density at radius 2 is 1.63 bits per heavy atom. The first-order valence-corrected chi connectivity index (χ1v) is 9.90. The number of nitrogens with one attached hydrogen (secondary N) is 1. The van der Waals surface area contributed by atoms with E-state index in [1.807, 2.05) is 26.8 Å². The van der Waals surface area contributed by atoms with E-state index in [4.69, 9.17) is 9.47 Å². The SMILES string of the molecule is CC(C)(C)OC(=O)N1CC(Nc2ccc(C#N)c3c2ccn3C(=O)OC(C)(C)C)C1. The normalized spacial score (nSPS) is 14.8. The number of likely N-dealkylation sites (tertiary alicyclic amines) is 1. The monoisotopic (exact) mass is 412 g/mol. The number of carbonyl (C=O) groups is 2. The summed E-state index contributed by atoms with van der Waals surface area (Å²) in [5, 5.41) is 13.7. The van der Waals surface area contributed by atoms with E-state index >= 15 is 0 Å². The molecule has 2 aromatic rings. The van der Waals surface area contributed by atoms with Crippen LogP contribution in [0.25, 0.3) is 10.9 Å². The number of fused-ring (bicyclic) bond motifs is 1. The van der Waals surface area contributed by atoms with Gasteiger partial charge < -0.3 is 19.7 Å². The van der Waals surface area contributed by atoms with Crippen LogP contribution in [-0.4, -0.2) is 52.0 Å². The zero-order chi connectivity index (χ0) is 22.3. The van der Waals surface area contributed by atoms with E-state index in [0.29, 0.717) is 24.2 Å². The second kappa shape index (κ2) is 7.56. The average Bonchev–Trinajstić information content (AvgIpc) is 3.00. The van der Waals surface area contributed by atoms with Crippen LogP contribution in [0.4, 0.5) is 15.3 Å². The summed E-state index contributed by atoms with van der Waals surface area (Å²) in [5.41, 5.74) is 0.503. The number of ether oxygens (including phenoxy) is 2. The highest BCUT2D eigenvalue weighted by Gasteiger charge is 2.34. The molecule has 1 aliphatic rings. The van der Waals surface area contributed by atoms with Crippen molar-refractivity contribution in [2.45, 2.75) is 58.8 Å². The summed E-state index contributed by atoms with van der Waals surface area (Å²) >= 11 is 0. The minimum atomic E-state index is -0.645. The fraction of sp³-hybridized carbons (Fsp3) is 0.500. The Balaban J connectivity index is 1.78. The van der Waals surface area contributed by atoms with Crippen molar-refractivity contribution >= 4 is 28.8 Å². The minimum Gasteiger partial charge on any atom is -0.444 e. The van der Waals surface area contributed by atoms with E-state index in [0.717, 1.165) is 11.1 Å². The van der Waals surface area contributed by atoms with Gasteiger partial charge in [0.2, 0.25) is 0 Å². The topological polar surface area (TPSA) is 96.6 Å². The van der Waals surface area contributed by atoms with Crippen LogP contribution in [0.3, 0.4) is 0 Å². The molecule has 1 aliphatic heterocycles. The van der Waals surface area contributed by atoms with Gasteiger partial charge in [0.15, 0.2) is 0 Å². The predicted molar refractivity (Wildman–Crippen MR) is 114 cm³/mol. The van der Waals surface area contributed by atoms with Crippen LogP contribution in [0.1, 0.15) is 47.1 Å². The average molecular weight is 412 g/mol. The quantitative estimate of drug-likeness (QED) is 0.789. The number of rotatable bonds is 2. The molecule has 0 bridgehead atoms. The first-order valence-electron chi connectivity index (χ1n) is 9.90. The molecule has 0 unspecified atom stereocenters. The Morgan fingerprint density at radius 1 is 1.03 bits per heavy atom. The molecule has 1 aromatic carbocycles. The lowest BCUT2D eigenvalue weighted by Gasteiger charge is -2.40. The Kier molecular flexibility index (Phi) is 5.42. The van der Waals surface area contributed by atoms with Crippen molar-refractivity contribution in [3.63, 3.8) is 0 Å². The van der Waals surface area contributed by atoms with Gasteiger partial charge >= 0.3 is 12.2 Å². The van der Waals surface area contributed by atoms with E-state index in [2.05, 4.69) is 11.4 Å². The summed E-state index contributed by atoms with van der Waals surface area (Å²) < 4.78 is 12.2. The summed E-state index contributed by atoms with van der Waals surface area (Å²) in [6.45, 7) is 11.9. The predicted octanol–water partition coefficient (Wildman–Crippen LogP) is 4.33. The molecule has 0 atom stereocenters. The highest BCUT2D eigenvalue weighted by atomic mass is 16.6. The highest BCUT2D eigenvalue weighted by Crippen LogP contribution is 2.30. The molecule has 0 radical (unpaired) electrons. The second-order valence-electron chi connectivity index (χ2n) is 9.43. The van der Waals surface area contributed by atoms with E-state index in [1.165, 1.54) is 4.57 Å². The number of hydrogen-bond acceptors (Lipinski definition) is 6. The second-order valence-corrected chi connectivity index (χ2v) is 9.43. The van der Waals surface area contributed by atoms with Crippen molar-refractivity contribution in [3.8, 4) is 6.07 Å². The van der Waals surface area contributed by atoms with Gasteiger partial charge in [0, 0.05) is 30.4 Å². The van der Waals surface area contributed by atoms with Crippen LogP contribution in [-0.2, 0) is 9.47 Å². The van der Waals surface area contributed by atoms with Gasteiger partial charge in [-0.15, -0.1) is 0 Å². The first kappa shape index (κ1) is 21.5. The van der Waals surface area contributed by atoms with E-state index < -0.39 is 17.3 Å². The number of benzene rings is 1. The molecular formula is C22H28N4O4. The number of hydrogen-bond donors (Lipinski definition) is 1. The largest absolute Gasteiger partial charge is 0.444 e. The van der Waals surface area contributed by atoms with Gasteiger partial charge in [0.05, 0.1) is 17.1 Å². The van der Waals surface area contributed by atoms with Crippen molar-refractivity contribution in [1.29, 1.82) is 5.26 Å². The van der Waals surface area contributed by atoms with Crippen LogP contribution in [0.15, 0.2) is 24.4 Å². The zero-order valence-corrected chi connectivity index (χ0v) is 18.3. The van der Waals surface area contributed by atoms with Crippen molar-refractivity contribution < 1.29 is 19.1 Å². The van der Waals surface area contributed by atoms with E-state index in [9.17, 15) is 14.9 Å². The van der Waals surface area contributed by atoms with Gasteiger partial charge in [-0.1, -0.05) is 0 Å². The molecule has 0 saturated carbocycles. The number of carbonyl (C=O) groups excluding carboxylic acids is 2. The first-order chi connectivity index (χ1) is 13.9. The summed E-state index contributed by atoms with van der Waals surface area (Å²) in [5.74, 6) is 0. The molecule has 8 heteroatoms. The maximum atomic E-state index is 12.6. The summed E-state index contributed by atoms with van der Waals surface area (Å²) in [7, 11) is 0. The lowest BCUT2D eigenvalue weighted by atomic mass is 10.1. The summed E-state index contributed by atoms with van der Waals surface area (Å²) in [4.78, 5) is 26.3. The molecule has 160 valence electrons. The zero-order valence-electron chi connectivity index (χ0n) is 18.3. The molecule has 1 saturated heterocycles. The Hall–Kier alpha value is -3.21. The molecule has 0 spiro atoms. The fourth-order valence-corrected chi connectivity index (χ4v) is 3.20. The molecule has 30 heavy (non-hydrogen) atoms. The highest BCUT2D eigenvalue weighted by molar-refractivity contribution is 6.00. The third kappa shape index (κ3) is 4.67. The number of aromatic nitrogens is 1. The van der Waals surface area contributed by atoms with Gasteiger partial charge in [0.25, 0.3) is 0 Å². The van der Waals surface area contributed by atoms with E-state index in [-0.39, 0.29) is 12.1 Å². The van der Waals surface area contributed by atoms with Crippen molar-refractivity contribution in [1.82, 2.24) is 9.47 Å². The number of nitrogens with zero attached hydrogens (tertiary/aromatic N) is 3. The maximum absolute atomic E-state index is 12.6. The smallest absolute Gasteiger partial charge is 0.419 e. The van der Waals surface area contributed by atoms with Crippen LogP contribution in [0.5, 0.6) is 0 Å². The molecule has 1 amide bonds. The lowest BCUT2D eigenvalue weighted by Crippen LogP contribution is -2.57. The Bertz CT molecular complexity index is 1010. The maximum Gasteiger partial charge on any atom is 0.419 e. The van der Waals surface area contributed by atoms with Crippen LogP contribution < -0.4 is 5.32 Å². The molecule has 2 heterocycles. The number of nitriles is 1. The minimum absolute atomic E-state index is 0.0542. The lowest BCUT2D eigenvalue weighted by molar-refractivity contribution is 0.0105. The Labute approximate surface area is 176 Å². The summed E-state index contributed by atoms with van der Waals surface area (Å²) in [6.07, 6.45) is 0.742. The van der Waals surface area contributed by atoms with Crippen molar-refractivity contribution in [2.75, 3.05) is 18.4 Å². The van der Waals surface area contributed by atoms with Crippen LogP contribution in [0, 0.1) is 11.3 Å². The molecule has 1 fully saturated rings. The fourth-order valence-electron chi connectivity index (χ4n) is 3.20.